The van der Waals surface area contributed by atoms with E-state index in [1.807, 2.05) is 19.9 Å². The third-order valence-electron chi connectivity index (χ3n) is 3.13. The van der Waals surface area contributed by atoms with Crippen molar-refractivity contribution in [1.29, 1.82) is 0 Å². The van der Waals surface area contributed by atoms with Gasteiger partial charge in [-0.1, -0.05) is 0 Å². The van der Waals surface area contributed by atoms with Crippen molar-refractivity contribution in [3.8, 4) is 0 Å². The molecule has 2 rings (SSSR count). The van der Waals surface area contributed by atoms with E-state index < -0.39 is 0 Å². The summed E-state index contributed by atoms with van der Waals surface area (Å²) in [7, 11) is 0. The Labute approximate surface area is 116 Å². The van der Waals surface area contributed by atoms with E-state index in [0.29, 0.717) is 17.9 Å². The summed E-state index contributed by atoms with van der Waals surface area (Å²) in [5.41, 5.74) is 2.79. The molecule has 0 aliphatic carbocycles. The number of esters is 1. The Bertz CT molecular complexity index is 695. The summed E-state index contributed by atoms with van der Waals surface area (Å²) in [5.74, 6) is 4.85. The van der Waals surface area contributed by atoms with Gasteiger partial charge in [0.2, 0.25) is 0 Å². The van der Waals surface area contributed by atoms with E-state index in [2.05, 4.69) is 15.3 Å². The SMILES string of the molecule is CCOC(=O)c1c(C)cc2c(C=NN)nncc2c1C. The van der Waals surface area contributed by atoms with Gasteiger partial charge in [-0.15, -0.1) is 5.10 Å². The first kappa shape index (κ1) is 13.9. The number of fused-ring (bicyclic) bond motifs is 1. The van der Waals surface area contributed by atoms with Gasteiger partial charge in [-0.2, -0.15) is 10.2 Å². The molecule has 1 heterocycles. The van der Waals surface area contributed by atoms with Gasteiger partial charge >= 0.3 is 5.97 Å². The zero-order valence-corrected chi connectivity index (χ0v) is 11.7. The number of hydrogen-bond acceptors (Lipinski definition) is 6. The van der Waals surface area contributed by atoms with Gasteiger partial charge in [-0.3, -0.25) is 0 Å². The minimum atomic E-state index is -0.324. The van der Waals surface area contributed by atoms with Crippen LogP contribution < -0.4 is 5.84 Å². The summed E-state index contributed by atoms with van der Waals surface area (Å²) in [6.07, 6.45) is 3.07. The molecule has 104 valence electrons. The lowest BCUT2D eigenvalue weighted by Crippen LogP contribution is -2.10. The monoisotopic (exact) mass is 272 g/mol. The van der Waals surface area contributed by atoms with Gasteiger partial charge in [0.25, 0.3) is 0 Å². The summed E-state index contributed by atoms with van der Waals surface area (Å²) >= 11 is 0. The number of hydrazone groups is 1. The fourth-order valence-electron chi connectivity index (χ4n) is 2.26. The van der Waals surface area contributed by atoms with Crippen molar-refractivity contribution >= 4 is 23.0 Å². The molecule has 0 saturated carbocycles. The predicted molar refractivity (Wildman–Crippen MR) is 76.7 cm³/mol. The van der Waals surface area contributed by atoms with Gasteiger partial charge in [0.05, 0.1) is 24.6 Å². The fourth-order valence-corrected chi connectivity index (χ4v) is 2.26. The highest BCUT2D eigenvalue weighted by molar-refractivity contribution is 6.04. The van der Waals surface area contributed by atoms with Crippen molar-refractivity contribution in [3.05, 3.63) is 34.6 Å². The van der Waals surface area contributed by atoms with Crippen molar-refractivity contribution in [2.24, 2.45) is 10.9 Å². The second kappa shape index (κ2) is 5.64. The van der Waals surface area contributed by atoms with Crippen LogP contribution in [0.2, 0.25) is 0 Å². The van der Waals surface area contributed by atoms with E-state index in [9.17, 15) is 4.79 Å². The van der Waals surface area contributed by atoms with Crippen molar-refractivity contribution in [3.63, 3.8) is 0 Å². The molecule has 0 amide bonds. The van der Waals surface area contributed by atoms with Crippen LogP contribution in [0.3, 0.4) is 0 Å². The molecule has 2 aromatic rings. The van der Waals surface area contributed by atoms with Gasteiger partial charge in [-0.05, 0) is 38.0 Å². The molecule has 20 heavy (non-hydrogen) atoms. The van der Waals surface area contributed by atoms with Gasteiger partial charge in [0.15, 0.2) is 0 Å². The fraction of sp³-hybridized carbons (Fsp3) is 0.286. The number of benzene rings is 1. The smallest absolute Gasteiger partial charge is 0.338 e. The van der Waals surface area contributed by atoms with Gasteiger partial charge in [0.1, 0.15) is 5.69 Å². The number of carbonyl (C=O) groups is 1. The van der Waals surface area contributed by atoms with Gasteiger partial charge in [0, 0.05) is 10.8 Å². The van der Waals surface area contributed by atoms with Crippen LogP contribution in [0.1, 0.15) is 34.1 Å². The number of rotatable bonds is 3. The molecule has 2 N–H and O–H groups in total. The molecule has 0 aliphatic rings. The van der Waals surface area contributed by atoms with Crippen LogP contribution in [-0.2, 0) is 4.74 Å². The molecular weight excluding hydrogens is 256 g/mol. The topological polar surface area (TPSA) is 90.5 Å². The summed E-state index contributed by atoms with van der Waals surface area (Å²) in [5, 5.41) is 13.1. The van der Waals surface area contributed by atoms with E-state index >= 15 is 0 Å². The molecule has 0 spiro atoms. The van der Waals surface area contributed by atoms with Crippen molar-refractivity contribution in [2.75, 3.05) is 6.61 Å². The van der Waals surface area contributed by atoms with Crippen LogP contribution in [0.5, 0.6) is 0 Å². The lowest BCUT2D eigenvalue weighted by molar-refractivity contribution is 0.0525. The number of aryl methyl sites for hydroxylation is 2. The average Bonchev–Trinajstić information content (AvgIpc) is 2.40. The minimum Gasteiger partial charge on any atom is -0.462 e. The Kier molecular flexibility index (Phi) is 3.93. The second-order valence-corrected chi connectivity index (χ2v) is 4.38. The van der Waals surface area contributed by atoms with E-state index in [1.54, 1.807) is 13.1 Å². The molecular formula is C14H16N4O2. The maximum absolute atomic E-state index is 12.0. The van der Waals surface area contributed by atoms with Crippen LogP contribution in [0, 0.1) is 13.8 Å². The first-order valence-electron chi connectivity index (χ1n) is 6.26. The standard InChI is InChI=1S/C14H16N4O2/c1-4-20-14(19)13-8(2)5-10-11(9(13)3)6-17-18-12(10)7-16-15/h5-7H,4,15H2,1-3H3. The van der Waals surface area contributed by atoms with Crippen LogP contribution in [0.15, 0.2) is 17.4 Å². The molecule has 0 radical (unpaired) electrons. The van der Waals surface area contributed by atoms with Crippen molar-refractivity contribution < 1.29 is 9.53 Å². The summed E-state index contributed by atoms with van der Waals surface area (Å²) in [4.78, 5) is 12.0. The minimum absolute atomic E-state index is 0.324. The first-order chi connectivity index (χ1) is 9.60. The Balaban J connectivity index is 2.74. The van der Waals surface area contributed by atoms with Crippen LogP contribution in [0.25, 0.3) is 10.8 Å². The van der Waals surface area contributed by atoms with Crippen LogP contribution in [0.4, 0.5) is 0 Å². The van der Waals surface area contributed by atoms with Crippen LogP contribution >= 0.6 is 0 Å². The zero-order valence-electron chi connectivity index (χ0n) is 11.7. The van der Waals surface area contributed by atoms with Crippen molar-refractivity contribution in [2.45, 2.75) is 20.8 Å². The summed E-state index contributed by atoms with van der Waals surface area (Å²) in [6, 6.07) is 1.88. The van der Waals surface area contributed by atoms with Gasteiger partial charge < -0.3 is 10.6 Å². The highest BCUT2D eigenvalue weighted by Crippen LogP contribution is 2.26. The van der Waals surface area contributed by atoms with E-state index in [-0.39, 0.29) is 5.97 Å². The van der Waals surface area contributed by atoms with E-state index in [4.69, 9.17) is 10.6 Å². The normalized spacial score (nSPS) is 11.2. The number of nitrogens with zero attached hydrogens (tertiary/aromatic N) is 3. The van der Waals surface area contributed by atoms with Crippen molar-refractivity contribution in [1.82, 2.24) is 10.2 Å². The molecule has 6 heteroatoms. The number of carbonyl (C=O) groups excluding carboxylic acids is 1. The molecule has 0 fully saturated rings. The maximum atomic E-state index is 12.0. The quantitative estimate of drug-likeness (QED) is 0.397. The Morgan fingerprint density at radius 2 is 2.20 bits per heavy atom. The lowest BCUT2D eigenvalue weighted by Gasteiger charge is -2.12. The Morgan fingerprint density at radius 3 is 2.85 bits per heavy atom. The molecule has 0 aliphatic heterocycles. The zero-order chi connectivity index (χ0) is 14.7. The maximum Gasteiger partial charge on any atom is 0.338 e. The average molecular weight is 272 g/mol. The molecule has 6 nitrogen and oxygen atoms in total. The number of hydrogen-bond donors (Lipinski definition) is 1. The largest absolute Gasteiger partial charge is 0.462 e. The number of aromatic nitrogens is 2. The molecule has 0 bridgehead atoms. The summed E-state index contributed by atoms with van der Waals surface area (Å²) in [6.45, 7) is 5.86. The third-order valence-corrected chi connectivity index (χ3v) is 3.13. The highest BCUT2D eigenvalue weighted by atomic mass is 16.5. The summed E-state index contributed by atoms with van der Waals surface area (Å²) < 4.78 is 5.09. The third kappa shape index (κ3) is 2.32. The first-order valence-corrected chi connectivity index (χ1v) is 6.26. The Hall–Kier alpha value is -2.50. The molecule has 0 unspecified atom stereocenters. The number of nitrogens with two attached hydrogens (primary N) is 1. The molecule has 0 saturated heterocycles. The molecule has 0 atom stereocenters. The number of ether oxygens (including phenoxy) is 1. The molecule has 1 aromatic heterocycles. The van der Waals surface area contributed by atoms with E-state index in [0.717, 1.165) is 21.9 Å². The molecule has 1 aromatic carbocycles. The lowest BCUT2D eigenvalue weighted by atomic mass is 9.96. The van der Waals surface area contributed by atoms with E-state index in [1.165, 1.54) is 6.21 Å². The second-order valence-electron chi connectivity index (χ2n) is 4.38. The van der Waals surface area contributed by atoms with Crippen LogP contribution in [-0.4, -0.2) is 29.0 Å². The Morgan fingerprint density at radius 1 is 1.45 bits per heavy atom. The van der Waals surface area contributed by atoms with Gasteiger partial charge in [-0.25, -0.2) is 4.79 Å². The predicted octanol–water partition coefficient (Wildman–Crippen LogP) is 1.72. The highest BCUT2D eigenvalue weighted by Gasteiger charge is 2.17.